The van der Waals surface area contributed by atoms with Crippen molar-refractivity contribution in [2.75, 3.05) is 54.5 Å². The smallest absolute Gasteiger partial charge is 0.387 e. The molecule has 30 heteroatoms. The summed E-state index contributed by atoms with van der Waals surface area (Å²) in [5.74, 6) is 0.0373. The maximum absolute atomic E-state index is 12.8. The fraction of sp³-hybridized carbons (Fsp3) is 0.591. The number of hydrogen-bond donors (Lipinski definition) is 10. The van der Waals surface area contributed by atoms with Crippen molar-refractivity contribution in [3.05, 3.63) is 23.0 Å². The molecule has 3 aliphatic rings. The van der Waals surface area contributed by atoms with Gasteiger partial charge in [0.25, 0.3) is 5.56 Å². The van der Waals surface area contributed by atoms with Gasteiger partial charge in [-0.3, -0.25) is 23.4 Å². The number of aromatic nitrogens is 6. The van der Waals surface area contributed by atoms with Gasteiger partial charge in [0.15, 0.2) is 23.5 Å². The SMILES string of the molecule is CNc1ncnc2c1ncn2[C@@H]1O[C@H](CP(=O)(O)OP(=O)(O)OP(=O)(O)OC[C@H]2O[C@@H](ON3CN(C)c4c3nc(N)[nH]c4=O)[C@H](O)[C@@H]2O)[C@@H](O)[C@H]1O. The molecule has 6 heterocycles. The van der Waals surface area contributed by atoms with Crippen LogP contribution in [0.1, 0.15) is 6.23 Å². The van der Waals surface area contributed by atoms with Crippen molar-refractivity contribution in [1.29, 1.82) is 0 Å². The molecule has 288 valence electrons. The Bertz CT molecular complexity index is 2020. The van der Waals surface area contributed by atoms with Gasteiger partial charge in [0.05, 0.1) is 19.1 Å². The van der Waals surface area contributed by atoms with Crippen molar-refractivity contribution in [2.45, 2.75) is 49.1 Å². The third-order valence-electron chi connectivity index (χ3n) is 7.86. The van der Waals surface area contributed by atoms with Crippen LogP contribution in [-0.2, 0) is 41.2 Å². The summed E-state index contributed by atoms with van der Waals surface area (Å²) in [6, 6.07) is 0. The molecular formula is C22H33N10O17P3. The molecule has 27 nitrogen and oxygen atoms in total. The van der Waals surface area contributed by atoms with Gasteiger partial charge in [0.1, 0.15) is 60.8 Å². The number of nitrogen functional groups attached to an aromatic ring is 1. The van der Waals surface area contributed by atoms with Gasteiger partial charge in [0.2, 0.25) is 12.2 Å². The highest BCUT2D eigenvalue weighted by Crippen LogP contribution is 2.68. The van der Waals surface area contributed by atoms with Crippen LogP contribution in [0.4, 0.5) is 23.3 Å². The number of phosphoric acid groups is 2. The number of H-pyrrole nitrogens is 1. The second-order valence-corrected chi connectivity index (χ2v) is 16.6. The van der Waals surface area contributed by atoms with Gasteiger partial charge in [-0.05, 0) is 0 Å². The highest BCUT2D eigenvalue weighted by Gasteiger charge is 2.51. The highest BCUT2D eigenvalue weighted by molar-refractivity contribution is 7.68. The van der Waals surface area contributed by atoms with E-state index in [-0.39, 0.29) is 35.3 Å². The monoisotopic (exact) mass is 802 g/mol. The number of ether oxygens (including phenoxy) is 2. The molecule has 3 aliphatic heterocycles. The van der Waals surface area contributed by atoms with E-state index in [4.69, 9.17) is 20.0 Å². The maximum atomic E-state index is 12.8. The van der Waals surface area contributed by atoms with E-state index in [0.717, 1.165) is 5.06 Å². The number of nitrogens with zero attached hydrogens (tertiary/aromatic N) is 7. The van der Waals surface area contributed by atoms with Crippen LogP contribution in [0.25, 0.3) is 11.2 Å². The van der Waals surface area contributed by atoms with Gasteiger partial charge >= 0.3 is 23.2 Å². The summed E-state index contributed by atoms with van der Waals surface area (Å²) >= 11 is 0. The fourth-order valence-electron chi connectivity index (χ4n) is 5.56. The van der Waals surface area contributed by atoms with Gasteiger partial charge in [-0.15, -0.1) is 0 Å². The topological polar surface area (TPSA) is 382 Å². The second-order valence-electron chi connectivity index (χ2n) is 11.5. The van der Waals surface area contributed by atoms with E-state index in [1.807, 2.05) is 0 Å². The van der Waals surface area contributed by atoms with Crippen molar-refractivity contribution in [2.24, 2.45) is 0 Å². The first-order chi connectivity index (χ1) is 24.3. The Kier molecular flexibility index (Phi) is 10.5. The first kappa shape index (κ1) is 38.5. The number of phosphoric ester groups is 1. The number of fused-ring (bicyclic) bond motifs is 2. The van der Waals surface area contributed by atoms with Gasteiger partial charge in [-0.2, -0.15) is 9.29 Å². The molecule has 3 aromatic rings. The Hall–Kier alpha value is -3.20. The molecule has 0 aliphatic carbocycles. The van der Waals surface area contributed by atoms with Crippen molar-refractivity contribution in [1.82, 2.24) is 29.5 Å². The molecule has 0 spiro atoms. The van der Waals surface area contributed by atoms with Crippen molar-refractivity contribution < 1.29 is 76.3 Å². The molecule has 3 aromatic heterocycles. The lowest BCUT2D eigenvalue weighted by Crippen LogP contribution is -2.39. The number of anilines is 4. The van der Waals surface area contributed by atoms with Crippen LogP contribution < -0.4 is 26.6 Å². The zero-order valence-electron chi connectivity index (χ0n) is 26.7. The summed E-state index contributed by atoms with van der Waals surface area (Å²) in [7, 11) is -13.8. The number of aliphatic hydroxyl groups is 4. The van der Waals surface area contributed by atoms with E-state index in [1.54, 1.807) is 7.05 Å². The van der Waals surface area contributed by atoms with Gasteiger partial charge in [0, 0.05) is 14.1 Å². The van der Waals surface area contributed by atoms with E-state index in [1.165, 1.54) is 29.2 Å². The predicted octanol–water partition coefficient (Wildman–Crippen LogP) is -3.12. The minimum atomic E-state index is -5.92. The molecule has 0 saturated carbocycles. The molecule has 0 radical (unpaired) electrons. The van der Waals surface area contributed by atoms with Crippen LogP contribution in [0.2, 0.25) is 0 Å². The minimum absolute atomic E-state index is 0.0444. The Morgan fingerprint density at radius 3 is 2.42 bits per heavy atom. The van der Waals surface area contributed by atoms with Crippen molar-refractivity contribution in [3.63, 3.8) is 0 Å². The lowest BCUT2D eigenvalue weighted by molar-refractivity contribution is -0.175. The first-order valence-electron chi connectivity index (χ1n) is 14.8. The summed E-state index contributed by atoms with van der Waals surface area (Å²) in [5.41, 5.74) is 5.50. The summed E-state index contributed by atoms with van der Waals surface area (Å²) in [4.78, 5) is 68.2. The molecular weight excluding hydrogens is 769 g/mol. The minimum Gasteiger partial charge on any atom is -0.387 e. The molecule has 0 amide bonds. The average molecular weight is 802 g/mol. The molecule has 2 fully saturated rings. The standard InChI is InChI=1S/C22H33N10O17P3/c1-24-16-10-17(26-5-25-16)31(6-27-10)20-14(35)13(34)9(45-20)4-50(38,39)48-52(42,43)49-51(40,41)44-3-8-12(33)15(36)21(46-8)47-32-7-30(2)11-18(32)28-22(23)29-19(11)37/h5-6,8-9,12-15,20-21,33-36H,3-4,7H2,1-2H3,(H,38,39)(H,40,41)(H,42,43)(H,24,25,26)(H3,23,28,29,37)/t8-,9-,12-,13-,14-,15-,20-,21+/m1/s1. The summed E-state index contributed by atoms with van der Waals surface area (Å²) in [5, 5.41) is 45.9. The van der Waals surface area contributed by atoms with E-state index in [9.17, 15) is 53.6 Å². The Morgan fingerprint density at radius 1 is 1.00 bits per heavy atom. The van der Waals surface area contributed by atoms with Crippen LogP contribution in [0.15, 0.2) is 17.4 Å². The third-order valence-corrected chi connectivity index (χ3v) is 12.7. The summed E-state index contributed by atoms with van der Waals surface area (Å²) in [6.07, 6.45) is -12.4. The van der Waals surface area contributed by atoms with E-state index in [0.29, 0.717) is 5.82 Å². The zero-order valence-corrected chi connectivity index (χ0v) is 29.3. The van der Waals surface area contributed by atoms with Crippen LogP contribution >= 0.6 is 23.2 Å². The van der Waals surface area contributed by atoms with Gasteiger partial charge in [-0.1, -0.05) is 0 Å². The molecule has 0 bridgehead atoms. The quantitative estimate of drug-likeness (QED) is 0.0764. The number of hydrogen-bond acceptors (Lipinski definition) is 22. The number of hydroxylamine groups is 1. The second kappa shape index (κ2) is 14.2. The molecule has 0 aromatic carbocycles. The van der Waals surface area contributed by atoms with Crippen LogP contribution in [0.5, 0.6) is 0 Å². The van der Waals surface area contributed by atoms with Gasteiger partial charge in [-0.25, -0.2) is 38.3 Å². The number of imidazole rings is 1. The molecule has 2 saturated heterocycles. The fourth-order valence-corrected chi connectivity index (χ4v) is 9.83. The first-order valence-corrected chi connectivity index (χ1v) is 19.5. The molecule has 6 rings (SSSR count). The van der Waals surface area contributed by atoms with Crippen molar-refractivity contribution in [3.8, 4) is 0 Å². The third kappa shape index (κ3) is 7.72. The largest absolute Gasteiger partial charge is 0.488 e. The predicted molar refractivity (Wildman–Crippen MR) is 170 cm³/mol. The Balaban J connectivity index is 1.03. The van der Waals surface area contributed by atoms with E-state index >= 15 is 0 Å². The maximum Gasteiger partial charge on any atom is 0.488 e. The Morgan fingerprint density at radius 2 is 1.71 bits per heavy atom. The number of nitrogens with two attached hydrogens (primary N) is 1. The number of rotatable bonds is 13. The molecule has 11 atom stereocenters. The zero-order chi connectivity index (χ0) is 37.9. The van der Waals surface area contributed by atoms with E-state index < -0.39 is 90.7 Å². The van der Waals surface area contributed by atoms with Crippen molar-refractivity contribution >= 4 is 57.7 Å². The lowest BCUT2D eigenvalue weighted by atomic mass is 10.1. The van der Waals surface area contributed by atoms with E-state index in [2.05, 4.69) is 43.4 Å². The average Bonchev–Trinajstić information content (AvgIpc) is 3.75. The van der Waals surface area contributed by atoms with Gasteiger partial charge < -0.3 is 60.5 Å². The number of aliphatic hydroxyl groups excluding tert-OH is 4. The van der Waals surface area contributed by atoms with Crippen LogP contribution in [-0.4, -0.2) is 141 Å². The number of aromatic amines is 1. The van der Waals surface area contributed by atoms with Crippen LogP contribution in [0.3, 0.4) is 0 Å². The highest BCUT2D eigenvalue weighted by atomic mass is 31.3. The number of nitrogens with one attached hydrogen (secondary N) is 2. The summed E-state index contributed by atoms with van der Waals surface area (Å²) < 4.78 is 63.0. The normalized spacial score (nSPS) is 31.0. The molecule has 11 N–H and O–H groups in total. The summed E-state index contributed by atoms with van der Waals surface area (Å²) in [6.45, 7) is -1.17. The van der Waals surface area contributed by atoms with Crippen LogP contribution in [0, 0.1) is 0 Å². The molecule has 52 heavy (non-hydrogen) atoms. The molecule has 3 unspecified atom stereocenters. The Labute approximate surface area is 290 Å². The lowest BCUT2D eigenvalue weighted by Gasteiger charge is -2.23.